The van der Waals surface area contributed by atoms with Gasteiger partial charge in [0.25, 0.3) is 0 Å². The van der Waals surface area contributed by atoms with E-state index in [0.29, 0.717) is 0 Å². The van der Waals surface area contributed by atoms with Crippen LogP contribution >= 0.6 is 0 Å². The number of anilines is 1. The summed E-state index contributed by atoms with van der Waals surface area (Å²) in [5.41, 5.74) is 0.409. The van der Waals surface area contributed by atoms with Gasteiger partial charge in [0.05, 0.1) is 17.5 Å². The Bertz CT molecular complexity index is 633. The molecule has 1 rings (SSSR count). The van der Waals surface area contributed by atoms with Gasteiger partial charge < -0.3 is 5.32 Å². The number of benzene rings is 1. The largest absolute Gasteiger partial charge is 0.352 e. The van der Waals surface area contributed by atoms with Gasteiger partial charge in [0, 0.05) is 6.04 Å². The summed E-state index contributed by atoms with van der Waals surface area (Å²) in [6.07, 6.45) is 1.00. The smallest absolute Gasteiger partial charge is 0.240 e. The first-order chi connectivity index (χ1) is 9.25. The standard InChI is InChI=1S/C13H17N3O3S/c1-10(2)15-13(17)9-16(20(3,18)19)12-7-5-4-6-11(12)8-14/h4-7,10H,9H2,1-3H3,(H,15,17). The maximum Gasteiger partial charge on any atom is 0.240 e. The molecule has 1 N–H and O–H groups in total. The summed E-state index contributed by atoms with van der Waals surface area (Å²) < 4.78 is 24.6. The zero-order valence-electron chi connectivity index (χ0n) is 11.6. The lowest BCUT2D eigenvalue weighted by molar-refractivity contribution is -0.120. The van der Waals surface area contributed by atoms with Crippen LogP contribution in [0.3, 0.4) is 0 Å². The lowest BCUT2D eigenvalue weighted by atomic mass is 10.2. The Balaban J connectivity index is 3.16. The topological polar surface area (TPSA) is 90.3 Å². The highest BCUT2D eigenvalue weighted by Crippen LogP contribution is 2.21. The maximum absolute atomic E-state index is 11.9. The zero-order valence-corrected chi connectivity index (χ0v) is 12.4. The minimum atomic E-state index is -3.66. The monoisotopic (exact) mass is 295 g/mol. The molecule has 0 unspecified atom stereocenters. The Kier molecular flexibility index (Phi) is 5.11. The molecule has 0 bridgehead atoms. The summed E-state index contributed by atoms with van der Waals surface area (Å²) in [6, 6.07) is 8.10. The van der Waals surface area contributed by atoms with Gasteiger partial charge in [-0.05, 0) is 26.0 Å². The predicted molar refractivity (Wildman–Crippen MR) is 76.6 cm³/mol. The fourth-order valence-electron chi connectivity index (χ4n) is 1.66. The van der Waals surface area contributed by atoms with Crippen molar-refractivity contribution in [3.05, 3.63) is 29.8 Å². The number of sulfonamides is 1. The van der Waals surface area contributed by atoms with E-state index in [1.54, 1.807) is 26.0 Å². The van der Waals surface area contributed by atoms with Gasteiger partial charge in [0.1, 0.15) is 12.6 Å². The van der Waals surface area contributed by atoms with Crippen molar-refractivity contribution in [2.24, 2.45) is 0 Å². The lowest BCUT2D eigenvalue weighted by Crippen LogP contribution is -2.42. The van der Waals surface area contributed by atoms with Crippen LogP contribution in [0.15, 0.2) is 24.3 Å². The number of carbonyl (C=O) groups excluding carboxylic acids is 1. The van der Waals surface area contributed by atoms with Crippen molar-refractivity contribution in [2.75, 3.05) is 17.1 Å². The molecule has 0 saturated carbocycles. The zero-order chi connectivity index (χ0) is 15.3. The Hall–Kier alpha value is -2.07. The number of para-hydroxylation sites is 1. The lowest BCUT2D eigenvalue weighted by Gasteiger charge is -2.23. The predicted octanol–water partition coefficient (Wildman–Crippen LogP) is 0.849. The average Bonchev–Trinajstić information content (AvgIpc) is 2.33. The van der Waals surface area contributed by atoms with Crippen LogP contribution < -0.4 is 9.62 Å². The molecule has 0 aliphatic heterocycles. The molecular formula is C13H17N3O3S. The third kappa shape index (κ3) is 4.24. The van der Waals surface area contributed by atoms with E-state index in [4.69, 9.17) is 5.26 Å². The molecule has 7 heteroatoms. The molecule has 1 amide bonds. The molecule has 0 spiro atoms. The van der Waals surface area contributed by atoms with Crippen LogP contribution in [0.4, 0.5) is 5.69 Å². The molecule has 20 heavy (non-hydrogen) atoms. The second kappa shape index (κ2) is 6.39. The number of nitrogens with one attached hydrogen (secondary N) is 1. The fraction of sp³-hybridized carbons (Fsp3) is 0.385. The highest BCUT2D eigenvalue weighted by atomic mass is 32.2. The summed E-state index contributed by atoms with van der Waals surface area (Å²) in [6.45, 7) is 3.22. The van der Waals surface area contributed by atoms with E-state index in [-0.39, 0.29) is 23.8 Å². The molecule has 0 atom stereocenters. The molecule has 108 valence electrons. The van der Waals surface area contributed by atoms with Gasteiger partial charge in [0.2, 0.25) is 15.9 Å². The van der Waals surface area contributed by atoms with Crippen LogP contribution in [0.25, 0.3) is 0 Å². The summed E-state index contributed by atoms with van der Waals surface area (Å²) in [7, 11) is -3.66. The second-order valence-corrected chi connectivity index (χ2v) is 6.53. The third-order valence-electron chi connectivity index (χ3n) is 2.43. The van der Waals surface area contributed by atoms with Crippen molar-refractivity contribution < 1.29 is 13.2 Å². The Morgan fingerprint density at radius 3 is 2.50 bits per heavy atom. The first-order valence-electron chi connectivity index (χ1n) is 6.02. The second-order valence-electron chi connectivity index (χ2n) is 4.62. The van der Waals surface area contributed by atoms with E-state index in [0.717, 1.165) is 10.6 Å². The molecule has 0 heterocycles. The molecule has 6 nitrogen and oxygen atoms in total. The summed E-state index contributed by atoms with van der Waals surface area (Å²) in [4.78, 5) is 11.8. The minimum Gasteiger partial charge on any atom is -0.352 e. The molecule has 0 aliphatic carbocycles. The van der Waals surface area contributed by atoms with Crippen molar-refractivity contribution in [1.29, 1.82) is 5.26 Å². The number of carbonyl (C=O) groups is 1. The van der Waals surface area contributed by atoms with Crippen molar-refractivity contribution >= 4 is 21.6 Å². The van der Waals surface area contributed by atoms with Crippen molar-refractivity contribution in [2.45, 2.75) is 19.9 Å². The van der Waals surface area contributed by atoms with E-state index in [9.17, 15) is 13.2 Å². The molecular weight excluding hydrogens is 278 g/mol. The number of hydrogen-bond donors (Lipinski definition) is 1. The highest BCUT2D eigenvalue weighted by Gasteiger charge is 2.23. The number of nitrogens with zero attached hydrogens (tertiary/aromatic N) is 2. The number of nitriles is 1. The number of rotatable bonds is 5. The minimum absolute atomic E-state index is 0.0879. The Morgan fingerprint density at radius 2 is 2.00 bits per heavy atom. The Morgan fingerprint density at radius 1 is 1.40 bits per heavy atom. The van der Waals surface area contributed by atoms with Crippen LogP contribution in [0.1, 0.15) is 19.4 Å². The molecule has 1 aromatic carbocycles. The summed E-state index contributed by atoms with van der Waals surface area (Å²) in [5.74, 6) is -0.418. The van der Waals surface area contributed by atoms with E-state index >= 15 is 0 Å². The van der Waals surface area contributed by atoms with Gasteiger partial charge in [0.15, 0.2) is 0 Å². The van der Waals surface area contributed by atoms with E-state index in [1.807, 2.05) is 6.07 Å². The van der Waals surface area contributed by atoms with Crippen LogP contribution in [-0.4, -0.2) is 33.2 Å². The molecule has 1 aromatic rings. The van der Waals surface area contributed by atoms with Crippen LogP contribution in [0.5, 0.6) is 0 Å². The molecule has 0 radical (unpaired) electrons. The SMILES string of the molecule is CC(C)NC(=O)CN(c1ccccc1C#N)S(C)(=O)=O. The first kappa shape index (κ1) is 16.0. The molecule has 0 aliphatic rings. The quantitative estimate of drug-likeness (QED) is 0.872. The van der Waals surface area contributed by atoms with Gasteiger partial charge >= 0.3 is 0 Å². The van der Waals surface area contributed by atoms with Crippen molar-refractivity contribution in [1.82, 2.24) is 5.32 Å². The first-order valence-corrected chi connectivity index (χ1v) is 7.86. The normalized spacial score (nSPS) is 10.9. The Labute approximate surface area is 119 Å². The number of amides is 1. The third-order valence-corrected chi connectivity index (χ3v) is 3.56. The van der Waals surface area contributed by atoms with E-state index in [1.165, 1.54) is 12.1 Å². The summed E-state index contributed by atoms with van der Waals surface area (Å²) >= 11 is 0. The fourth-order valence-corrected chi connectivity index (χ4v) is 2.53. The molecule has 0 fully saturated rings. The number of hydrogen-bond acceptors (Lipinski definition) is 4. The van der Waals surface area contributed by atoms with Gasteiger partial charge in [-0.15, -0.1) is 0 Å². The average molecular weight is 295 g/mol. The summed E-state index contributed by atoms with van der Waals surface area (Å²) in [5, 5.41) is 11.7. The van der Waals surface area contributed by atoms with Gasteiger partial charge in [-0.2, -0.15) is 5.26 Å². The van der Waals surface area contributed by atoms with Gasteiger partial charge in [-0.3, -0.25) is 9.10 Å². The van der Waals surface area contributed by atoms with Crippen LogP contribution in [0, 0.1) is 11.3 Å². The van der Waals surface area contributed by atoms with Crippen molar-refractivity contribution in [3.8, 4) is 6.07 Å². The van der Waals surface area contributed by atoms with Crippen LogP contribution in [0.2, 0.25) is 0 Å². The van der Waals surface area contributed by atoms with Crippen LogP contribution in [-0.2, 0) is 14.8 Å². The van der Waals surface area contributed by atoms with E-state index < -0.39 is 15.9 Å². The molecule has 0 saturated heterocycles. The van der Waals surface area contributed by atoms with Gasteiger partial charge in [-0.1, -0.05) is 12.1 Å². The van der Waals surface area contributed by atoms with Crippen molar-refractivity contribution in [3.63, 3.8) is 0 Å². The maximum atomic E-state index is 11.9. The molecule has 0 aromatic heterocycles. The van der Waals surface area contributed by atoms with E-state index in [2.05, 4.69) is 5.32 Å². The van der Waals surface area contributed by atoms with Gasteiger partial charge in [-0.25, -0.2) is 8.42 Å². The highest BCUT2D eigenvalue weighted by molar-refractivity contribution is 7.92.